The first-order valence-electron chi connectivity index (χ1n) is 12.2. The molecule has 0 saturated carbocycles. The third kappa shape index (κ3) is 7.13. The van der Waals surface area contributed by atoms with E-state index in [2.05, 4.69) is 35.8 Å². The molecule has 8 nitrogen and oxygen atoms in total. The summed E-state index contributed by atoms with van der Waals surface area (Å²) in [7, 11) is 0. The van der Waals surface area contributed by atoms with Gasteiger partial charge in [-0.1, -0.05) is 53.5 Å². The SMILES string of the molecule is Cc1nc(-c2ncccc2Cl)nc(NC[C@H](NC(=O)CCCN2CCNCC2)c2ccccc2)c1Cl. The van der Waals surface area contributed by atoms with Crippen LogP contribution in [0.2, 0.25) is 10.0 Å². The van der Waals surface area contributed by atoms with Crippen molar-refractivity contribution < 1.29 is 4.79 Å². The Balaban J connectivity index is 1.44. The second kappa shape index (κ2) is 13.0. The number of rotatable bonds is 10. The van der Waals surface area contributed by atoms with E-state index in [9.17, 15) is 4.79 Å². The van der Waals surface area contributed by atoms with Crippen LogP contribution in [0.15, 0.2) is 48.7 Å². The van der Waals surface area contributed by atoms with Gasteiger partial charge in [0.05, 0.1) is 16.8 Å². The summed E-state index contributed by atoms with van der Waals surface area (Å²) in [6.45, 7) is 7.22. The summed E-state index contributed by atoms with van der Waals surface area (Å²) in [5.74, 6) is 0.875. The Bertz CT molecular complexity index is 1160. The number of piperazine rings is 1. The molecule has 3 heterocycles. The van der Waals surface area contributed by atoms with Crippen LogP contribution in [0.25, 0.3) is 11.5 Å². The average Bonchev–Trinajstić information content (AvgIpc) is 2.90. The van der Waals surface area contributed by atoms with Crippen LogP contribution >= 0.6 is 23.2 Å². The van der Waals surface area contributed by atoms with Gasteiger partial charge in [-0.2, -0.15) is 0 Å². The third-order valence-corrected chi connectivity index (χ3v) is 6.84. The van der Waals surface area contributed by atoms with Crippen molar-refractivity contribution in [3.63, 3.8) is 0 Å². The number of hydrogen-bond donors (Lipinski definition) is 3. The molecule has 0 bridgehead atoms. The Hall–Kier alpha value is -2.78. The zero-order valence-electron chi connectivity index (χ0n) is 20.3. The molecule has 1 aromatic carbocycles. The van der Waals surface area contributed by atoms with Crippen molar-refractivity contribution in [1.29, 1.82) is 0 Å². The summed E-state index contributed by atoms with van der Waals surface area (Å²) in [5.41, 5.74) is 2.09. The summed E-state index contributed by atoms with van der Waals surface area (Å²) < 4.78 is 0. The van der Waals surface area contributed by atoms with Crippen LogP contribution < -0.4 is 16.0 Å². The fourth-order valence-corrected chi connectivity index (χ4v) is 4.49. The lowest BCUT2D eigenvalue weighted by Crippen LogP contribution is -2.44. The van der Waals surface area contributed by atoms with Gasteiger partial charge in [-0.3, -0.25) is 9.78 Å². The first-order valence-corrected chi connectivity index (χ1v) is 12.9. The van der Waals surface area contributed by atoms with E-state index in [0.717, 1.165) is 44.7 Å². The number of pyridine rings is 1. The maximum Gasteiger partial charge on any atom is 0.220 e. The van der Waals surface area contributed by atoms with Crippen molar-refractivity contribution in [3.8, 4) is 11.5 Å². The van der Waals surface area contributed by atoms with Gasteiger partial charge in [0.1, 0.15) is 16.5 Å². The zero-order chi connectivity index (χ0) is 25.3. The molecule has 1 amide bonds. The quantitative estimate of drug-likeness (QED) is 0.365. The van der Waals surface area contributed by atoms with E-state index in [1.807, 2.05) is 37.3 Å². The standard InChI is InChI=1S/C26H31Cl2N7O/c1-18-23(28)25(34-26(32-18)24-20(27)9-5-11-30-24)31-17-21(19-7-3-2-4-8-19)33-22(36)10-6-14-35-15-12-29-13-16-35/h2-5,7-9,11,21,29H,6,10,12-17H2,1H3,(H,33,36)(H,31,32,34)/t21-/m0/s1. The van der Waals surface area contributed by atoms with E-state index in [0.29, 0.717) is 46.0 Å². The molecule has 1 saturated heterocycles. The number of nitrogens with zero attached hydrogens (tertiary/aromatic N) is 4. The molecule has 36 heavy (non-hydrogen) atoms. The lowest BCUT2D eigenvalue weighted by molar-refractivity contribution is -0.121. The van der Waals surface area contributed by atoms with Crippen molar-refractivity contribution >= 4 is 34.9 Å². The van der Waals surface area contributed by atoms with Crippen molar-refractivity contribution in [2.45, 2.75) is 25.8 Å². The molecule has 0 radical (unpaired) electrons. The predicted molar refractivity (Wildman–Crippen MR) is 144 cm³/mol. The summed E-state index contributed by atoms with van der Waals surface area (Å²) in [6.07, 6.45) is 2.94. The van der Waals surface area contributed by atoms with Crippen molar-refractivity contribution in [1.82, 2.24) is 30.5 Å². The Morgan fingerprint density at radius 3 is 2.64 bits per heavy atom. The first-order chi connectivity index (χ1) is 17.5. The van der Waals surface area contributed by atoms with Crippen LogP contribution in [-0.4, -0.2) is 65.0 Å². The Kier molecular flexibility index (Phi) is 9.47. The molecule has 0 aliphatic carbocycles. The highest BCUT2D eigenvalue weighted by atomic mass is 35.5. The molecule has 1 fully saturated rings. The summed E-state index contributed by atoms with van der Waals surface area (Å²) in [4.78, 5) is 28.6. The van der Waals surface area contributed by atoms with E-state index in [1.54, 1.807) is 18.3 Å². The maximum atomic E-state index is 12.8. The number of halogens is 2. The molecule has 190 valence electrons. The Morgan fingerprint density at radius 2 is 1.89 bits per heavy atom. The summed E-state index contributed by atoms with van der Waals surface area (Å²) in [5, 5.41) is 10.7. The van der Waals surface area contributed by atoms with Crippen molar-refractivity contribution in [3.05, 3.63) is 70.0 Å². The molecule has 3 aromatic rings. The topological polar surface area (TPSA) is 95.1 Å². The maximum absolute atomic E-state index is 12.8. The molecule has 2 aromatic heterocycles. The minimum Gasteiger partial charge on any atom is -0.366 e. The molecule has 3 N–H and O–H groups in total. The summed E-state index contributed by atoms with van der Waals surface area (Å²) >= 11 is 12.8. The number of aryl methyl sites for hydroxylation is 1. The van der Waals surface area contributed by atoms with E-state index in [4.69, 9.17) is 23.2 Å². The van der Waals surface area contributed by atoms with Gasteiger partial charge >= 0.3 is 0 Å². The number of carbonyl (C=O) groups excluding carboxylic acids is 1. The van der Waals surface area contributed by atoms with Gasteiger partial charge in [0, 0.05) is 45.3 Å². The molecule has 1 aliphatic rings. The lowest BCUT2D eigenvalue weighted by atomic mass is 10.1. The Morgan fingerprint density at radius 1 is 1.11 bits per heavy atom. The fourth-order valence-electron chi connectivity index (χ4n) is 4.13. The number of amides is 1. The normalized spacial score (nSPS) is 14.9. The highest BCUT2D eigenvalue weighted by Crippen LogP contribution is 2.29. The molecule has 0 unspecified atom stereocenters. The number of nitrogens with one attached hydrogen (secondary N) is 3. The van der Waals surface area contributed by atoms with E-state index < -0.39 is 0 Å². The number of hydrogen-bond acceptors (Lipinski definition) is 7. The minimum absolute atomic E-state index is 0.0201. The van der Waals surface area contributed by atoms with E-state index >= 15 is 0 Å². The molecular weight excluding hydrogens is 497 g/mol. The molecule has 4 rings (SSSR count). The largest absolute Gasteiger partial charge is 0.366 e. The van der Waals surface area contributed by atoms with Gasteiger partial charge in [-0.05, 0) is 37.6 Å². The number of anilines is 1. The summed E-state index contributed by atoms with van der Waals surface area (Å²) in [6, 6.07) is 13.1. The number of carbonyl (C=O) groups is 1. The van der Waals surface area contributed by atoms with Crippen LogP contribution in [0.5, 0.6) is 0 Å². The van der Waals surface area contributed by atoms with E-state index in [1.165, 1.54) is 0 Å². The highest BCUT2D eigenvalue weighted by Gasteiger charge is 2.19. The molecule has 0 spiro atoms. The smallest absolute Gasteiger partial charge is 0.220 e. The van der Waals surface area contributed by atoms with Crippen LogP contribution in [0.4, 0.5) is 5.82 Å². The van der Waals surface area contributed by atoms with Gasteiger partial charge < -0.3 is 20.9 Å². The minimum atomic E-state index is -0.258. The van der Waals surface area contributed by atoms with Crippen molar-refractivity contribution in [2.24, 2.45) is 0 Å². The van der Waals surface area contributed by atoms with Crippen LogP contribution in [-0.2, 0) is 4.79 Å². The fraction of sp³-hybridized carbons (Fsp3) is 0.385. The van der Waals surface area contributed by atoms with Crippen molar-refractivity contribution in [2.75, 3.05) is 44.6 Å². The first kappa shape index (κ1) is 26.3. The molecule has 10 heteroatoms. The number of aromatic nitrogens is 3. The highest BCUT2D eigenvalue weighted by molar-refractivity contribution is 6.34. The zero-order valence-corrected chi connectivity index (χ0v) is 21.8. The average molecular weight is 528 g/mol. The van der Waals surface area contributed by atoms with Crippen LogP contribution in [0.1, 0.15) is 30.1 Å². The van der Waals surface area contributed by atoms with Gasteiger partial charge in [-0.15, -0.1) is 0 Å². The van der Waals surface area contributed by atoms with Gasteiger partial charge in [0.15, 0.2) is 5.82 Å². The predicted octanol–water partition coefficient (Wildman–Crippen LogP) is 4.11. The Labute approximate surface area is 221 Å². The second-order valence-electron chi connectivity index (χ2n) is 8.74. The van der Waals surface area contributed by atoms with Crippen LogP contribution in [0.3, 0.4) is 0 Å². The molecular formula is C26H31Cl2N7O. The van der Waals surface area contributed by atoms with Gasteiger partial charge in [0.25, 0.3) is 0 Å². The van der Waals surface area contributed by atoms with Gasteiger partial charge in [0.2, 0.25) is 5.91 Å². The third-order valence-electron chi connectivity index (χ3n) is 6.09. The lowest BCUT2D eigenvalue weighted by Gasteiger charge is -2.27. The molecule has 1 aliphatic heterocycles. The monoisotopic (exact) mass is 527 g/mol. The van der Waals surface area contributed by atoms with Crippen LogP contribution in [0, 0.1) is 6.92 Å². The van der Waals surface area contributed by atoms with Gasteiger partial charge in [-0.25, -0.2) is 9.97 Å². The second-order valence-corrected chi connectivity index (χ2v) is 9.52. The van der Waals surface area contributed by atoms with E-state index in [-0.39, 0.29) is 11.9 Å². The molecule has 1 atom stereocenters. The number of benzene rings is 1.